The molecule has 1 aromatic heterocycles. The Morgan fingerprint density at radius 3 is 3.05 bits per heavy atom. The molecule has 0 aromatic carbocycles. The van der Waals surface area contributed by atoms with Crippen LogP contribution in [0.15, 0.2) is 18.3 Å². The zero-order chi connectivity index (χ0) is 13.3. The van der Waals surface area contributed by atoms with E-state index in [0.29, 0.717) is 24.0 Å². The van der Waals surface area contributed by atoms with E-state index in [1.807, 2.05) is 12.1 Å². The highest BCUT2D eigenvalue weighted by molar-refractivity contribution is 6.31. The number of piperidine rings is 1. The molecular weight excluding hydrogens is 262 g/mol. The zero-order valence-corrected chi connectivity index (χ0v) is 11.5. The topological polar surface area (TPSA) is 54.0 Å². The fourth-order valence-electron chi connectivity index (χ4n) is 3.08. The maximum Gasteiger partial charge on any atom is 0.220 e. The minimum Gasteiger partial charge on any atom is -0.349 e. The average Bonchev–Trinajstić information content (AvgIpc) is 2.37. The molecule has 1 aliphatic heterocycles. The number of halogens is 1. The van der Waals surface area contributed by atoms with Crippen LogP contribution in [-0.2, 0) is 11.3 Å². The second kappa shape index (κ2) is 5.10. The highest BCUT2D eigenvalue weighted by atomic mass is 35.5. The van der Waals surface area contributed by atoms with Crippen molar-refractivity contribution in [2.75, 3.05) is 0 Å². The summed E-state index contributed by atoms with van der Waals surface area (Å²) in [5.74, 6) is 0.189. The summed E-state index contributed by atoms with van der Waals surface area (Å²) in [5.41, 5.74) is 0.854. The van der Waals surface area contributed by atoms with Crippen molar-refractivity contribution in [1.29, 1.82) is 0 Å². The number of amides is 1. The maximum atomic E-state index is 11.6. The molecule has 0 radical (unpaired) electrons. The number of hydrogen-bond donors (Lipinski definition) is 2. The SMILES string of the molecule is O=C1CCC(NCc2ncccc2Cl)C2(CCC2)N1. The minimum atomic E-state index is -0.0173. The first-order chi connectivity index (χ1) is 9.20. The van der Waals surface area contributed by atoms with Gasteiger partial charge in [0.2, 0.25) is 5.91 Å². The Bertz CT molecular complexity index is 487. The Balaban J connectivity index is 1.66. The quantitative estimate of drug-likeness (QED) is 0.890. The van der Waals surface area contributed by atoms with Crippen LogP contribution < -0.4 is 10.6 Å². The van der Waals surface area contributed by atoms with Crippen molar-refractivity contribution in [3.63, 3.8) is 0 Å². The van der Waals surface area contributed by atoms with E-state index in [1.54, 1.807) is 6.20 Å². The first kappa shape index (κ1) is 12.9. The van der Waals surface area contributed by atoms with Crippen LogP contribution in [0.2, 0.25) is 5.02 Å². The van der Waals surface area contributed by atoms with Gasteiger partial charge in [-0.1, -0.05) is 11.6 Å². The van der Waals surface area contributed by atoms with E-state index in [0.717, 1.165) is 25.0 Å². The summed E-state index contributed by atoms with van der Waals surface area (Å²) in [6.45, 7) is 0.655. The van der Waals surface area contributed by atoms with Gasteiger partial charge in [0.05, 0.1) is 16.3 Å². The first-order valence-corrected chi connectivity index (χ1v) is 7.21. The Morgan fingerprint density at radius 1 is 1.53 bits per heavy atom. The van der Waals surface area contributed by atoms with Crippen LogP contribution in [0.4, 0.5) is 0 Å². The van der Waals surface area contributed by atoms with Crippen molar-refractivity contribution < 1.29 is 4.79 Å². The molecule has 102 valence electrons. The lowest BCUT2D eigenvalue weighted by molar-refractivity contribution is -0.128. The molecule has 2 heterocycles. The number of nitrogens with one attached hydrogen (secondary N) is 2. The summed E-state index contributed by atoms with van der Waals surface area (Å²) in [6.07, 6.45) is 6.61. The van der Waals surface area contributed by atoms with E-state index in [2.05, 4.69) is 15.6 Å². The van der Waals surface area contributed by atoms with Gasteiger partial charge in [0.25, 0.3) is 0 Å². The van der Waals surface area contributed by atoms with Crippen molar-refractivity contribution in [1.82, 2.24) is 15.6 Å². The van der Waals surface area contributed by atoms with E-state index < -0.39 is 0 Å². The Kier molecular flexibility index (Phi) is 3.46. The van der Waals surface area contributed by atoms with Gasteiger partial charge in [0.15, 0.2) is 0 Å². The monoisotopic (exact) mass is 279 g/mol. The number of nitrogens with zero attached hydrogens (tertiary/aromatic N) is 1. The van der Waals surface area contributed by atoms with E-state index in [9.17, 15) is 4.79 Å². The third-order valence-corrected chi connectivity index (χ3v) is 4.66. The van der Waals surface area contributed by atoms with Crippen LogP contribution in [-0.4, -0.2) is 22.5 Å². The number of carbonyl (C=O) groups excluding carboxylic acids is 1. The van der Waals surface area contributed by atoms with Crippen LogP contribution in [0.3, 0.4) is 0 Å². The van der Waals surface area contributed by atoms with Crippen molar-refractivity contribution in [2.24, 2.45) is 0 Å². The lowest BCUT2D eigenvalue weighted by Crippen LogP contribution is -2.67. The fourth-order valence-corrected chi connectivity index (χ4v) is 3.26. The van der Waals surface area contributed by atoms with Gasteiger partial charge in [-0.15, -0.1) is 0 Å². The summed E-state index contributed by atoms with van der Waals surface area (Å²) in [7, 11) is 0. The van der Waals surface area contributed by atoms with E-state index >= 15 is 0 Å². The standard InChI is InChI=1S/C14H18ClN3O/c15-10-3-1-8-16-11(10)9-17-12-4-5-13(19)18-14(12)6-2-7-14/h1,3,8,12,17H,2,4-7,9H2,(H,18,19). The summed E-state index contributed by atoms with van der Waals surface area (Å²) >= 11 is 6.11. The molecule has 1 amide bonds. The van der Waals surface area contributed by atoms with Crippen LogP contribution in [0.25, 0.3) is 0 Å². The lowest BCUT2D eigenvalue weighted by Gasteiger charge is -2.51. The molecule has 0 bridgehead atoms. The van der Waals surface area contributed by atoms with E-state index in [-0.39, 0.29) is 11.4 Å². The molecule has 1 saturated heterocycles. The molecular formula is C14H18ClN3O. The molecule has 4 nitrogen and oxygen atoms in total. The molecule has 19 heavy (non-hydrogen) atoms. The van der Waals surface area contributed by atoms with Gasteiger partial charge in [-0.05, 0) is 37.8 Å². The summed E-state index contributed by atoms with van der Waals surface area (Å²) in [6, 6.07) is 4.02. The molecule has 2 N–H and O–H groups in total. The Hall–Kier alpha value is -1.13. The predicted molar refractivity (Wildman–Crippen MR) is 73.8 cm³/mol. The normalized spacial score (nSPS) is 24.9. The van der Waals surface area contributed by atoms with Gasteiger partial charge >= 0.3 is 0 Å². The second-order valence-corrected chi connectivity index (χ2v) is 5.87. The van der Waals surface area contributed by atoms with E-state index in [1.165, 1.54) is 6.42 Å². The molecule has 1 unspecified atom stereocenters. The number of pyridine rings is 1. The third kappa shape index (κ3) is 2.47. The molecule has 1 atom stereocenters. The van der Waals surface area contributed by atoms with Gasteiger partial charge < -0.3 is 10.6 Å². The number of aromatic nitrogens is 1. The molecule has 1 aliphatic carbocycles. The molecule has 1 aromatic rings. The van der Waals surface area contributed by atoms with Gasteiger partial charge in [0.1, 0.15) is 0 Å². The zero-order valence-electron chi connectivity index (χ0n) is 10.8. The molecule has 2 aliphatic rings. The Labute approximate surface area is 117 Å². The van der Waals surface area contributed by atoms with Crippen molar-refractivity contribution >= 4 is 17.5 Å². The van der Waals surface area contributed by atoms with Gasteiger partial charge in [-0.3, -0.25) is 9.78 Å². The smallest absolute Gasteiger partial charge is 0.220 e. The average molecular weight is 280 g/mol. The van der Waals surface area contributed by atoms with Crippen molar-refractivity contribution in [2.45, 2.75) is 50.2 Å². The van der Waals surface area contributed by atoms with E-state index in [4.69, 9.17) is 11.6 Å². The van der Waals surface area contributed by atoms with Crippen LogP contribution in [0, 0.1) is 0 Å². The highest BCUT2D eigenvalue weighted by Crippen LogP contribution is 2.39. The van der Waals surface area contributed by atoms with Gasteiger partial charge in [0, 0.05) is 25.2 Å². The predicted octanol–water partition coefficient (Wildman–Crippen LogP) is 2.03. The third-order valence-electron chi connectivity index (χ3n) is 4.31. The maximum absolute atomic E-state index is 11.6. The first-order valence-electron chi connectivity index (χ1n) is 6.83. The summed E-state index contributed by atoms with van der Waals surface area (Å²) < 4.78 is 0. The van der Waals surface area contributed by atoms with Crippen molar-refractivity contribution in [3.05, 3.63) is 29.0 Å². The minimum absolute atomic E-state index is 0.0173. The molecule has 1 spiro atoms. The molecule has 1 saturated carbocycles. The van der Waals surface area contributed by atoms with Crippen LogP contribution in [0.5, 0.6) is 0 Å². The number of hydrogen-bond acceptors (Lipinski definition) is 3. The number of carbonyl (C=O) groups is 1. The summed E-state index contributed by atoms with van der Waals surface area (Å²) in [4.78, 5) is 15.9. The second-order valence-electron chi connectivity index (χ2n) is 5.46. The Morgan fingerprint density at radius 2 is 2.37 bits per heavy atom. The van der Waals surface area contributed by atoms with Gasteiger partial charge in [-0.25, -0.2) is 0 Å². The van der Waals surface area contributed by atoms with Gasteiger partial charge in [-0.2, -0.15) is 0 Å². The molecule has 5 heteroatoms. The number of rotatable bonds is 3. The largest absolute Gasteiger partial charge is 0.349 e. The highest BCUT2D eigenvalue weighted by Gasteiger charge is 2.47. The van der Waals surface area contributed by atoms with Crippen LogP contribution >= 0.6 is 11.6 Å². The molecule has 2 fully saturated rings. The summed E-state index contributed by atoms with van der Waals surface area (Å²) in [5, 5.41) is 7.40. The molecule has 3 rings (SSSR count). The van der Waals surface area contributed by atoms with Crippen LogP contribution in [0.1, 0.15) is 37.8 Å². The fraction of sp³-hybridized carbons (Fsp3) is 0.571. The lowest BCUT2D eigenvalue weighted by atomic mass is 9.68. The van der Waals surface area contributed by atoms with Crippen molar-refractivity contribution in [3.8, 4) is 0 Å².